The van der Waals surface area contributed by atoms with Crippen LogP contribution in [-0.4, -0.2) is 19.5 Å². The fourth-order valence-electron chi connectivity index (χ4n) is 1.71. The topological polar surface area (TPSA) is 43.6 Å². The van der Waals surface area contributed by atoms with Crippen LogP contribution in [0.4, 0.5) is 0 Å². The summed E-state index contributed by atoms with van der Waals surface area (Å²) in [5, 5.41) is 0.453. The van der Waals surface area contributed by atoms with E-state index in [2.05, 4.69) is 34.0 Å². The summed E-state index contributed by atoms with van der Waals surface area (Å²) in [5.74, 6) is 0. The Morgan fingerprint density at radius 1 is 1.28 bits per heavy atom. The van der Waals surface area contributed by atoms with Crippen molar-refractivity contribution in [2.75, 3.05) is 0 Å². The number of hydrogen-bond acceptors (Lipinski definition) is 3. The normalized spacial score (nSPS) is 11.7. The Balaban J connectivity index is 2.12. The maximum Gasteiger partial charge on any atom is 0.225 e. The largest absolute Gasteiger partial charge is 0.315 e. The molecule has 0 aliphatic rings. The van der Waals surface area contributed by atoms with Gasteiger partial charge in [0.15, 0.2) is 10.8 Å². The van der Waals surface area contributed by atoms with Crippen LogP contribution in [0.2, 0.25) is 10.4 Å². The van der Waals surface area contributed by atoms with E-state index < -0.39 is 0 Å². The minimum Gasteiger partial charge on any atom is -0.315 e. The molecule has 0 saturated carbocycles. The van der Waals surface area contributed by atoms with E-state index in [9.17, 15) is 0 Å². The lowest BCUT2D eigenvalue weighted by atomic mass is 10.2. The number of nitrogens with zero attached hydrogens (tertiary/aromatic N) is 4. The van der Waals surface area contributed by atoms with Crippen molar-refractivity contribution in [3.05, 3.63) is 28.9 Å². The fraction of sp³-hybridized carbons (Fsp3) is 0.417. The maximum atomic E-state index is 5.96. The second-order valence-electron chi connectivity index (χ2n) is 3.92. The molecule has 0 aliphatic heterocycles. The first-order valence-corrected chi connectivity index (χ1v) is 6.67. The molecule has 0 atom stereocenters. The third-order valence-electron chi connectivity index (χ3n) is 2.57. The second-order valence-corrected chi connectivity index (χ2v) is 4.61. The molecular formula is C12H14Cl2N4. The molecule has 2 aromatic rings. The number of imidazole rings is 1. The summed E-state index contributed by atoms with van der Waals surface area (Å²) in [6.07, 6.45) is 9.23. The lowest BCUT2D eigenvalue weighted by Crippen LogP contribution is -1.98. The summed E-state index contributed by atoms with van der Waals surface area (Å²) in [5.41, 5.74) is 1.30. The highest BCUT2D eigenvalue weighted by molar-refractivity contribution is 6.35. The third-order valence-corrected chi connectivity index (χ3v) is 3.00. The molecule has 0 amide bonds. The number of hydrogen-bond donors (Lipinski definition) is 0. The molecule has 0 N–H and O–H groups in total. The highest BCUT2D eigenvalue weighted by atomic mass is 35.5. The monoisotopic (exact) mass is 284 g/mol. The molecule has 4 nitrogen and oxygen atoms in total. The summed E-state index contributed by atoms with van der Waals surface area (Å²) in [4.78, 5) is 12.2. The van der Waals surface area contributed by atoms with Gasteiger partial charge in [-0.3, -0.25) is 0 Å². The lowest BCUT2D eigenvalue weighted by molar-refractivity contribution is 0.660. The zero-order valence-electron chi connectivity index (χ0n) is 10.1. The van der Waals surface area contributed by atoms with E-state index in [1.165, 1.54) is 0 Å². The predicted molar refractivity (Wildman–Crippen MR) is 74.0 cm³/mol. The molecule has 0 aromatic carbocycles. The Bertz CT molecular complexity index is 562. The molecule has 0 unspecified atom stereocenters. The van der Waals surface area contributed by atoms with Crippen molar-refractivity contribution in [2.24, 2.45) is 0 Å². The van der Waals surface area contributed by atoms with Crippen molar-refractivity contribution in [2.45, 2.75) is 32.7 Å². The van der Waals surface area contributed by atoms with Crippen LogP contribution in [0.15, 0.2) is 18.5 Å². The van der Waals surface area contributed by atoms with Crippen LogP contribution in [0.1, 0.15) is 26.2 Å². The van der Waals surface area contributed by atoms with Gasteiger partial charge in [-0.2, -0.15) is 4.98 Å². The summed E-state index contributed by atoms with van der Waals surface area (Å²) in [7, 11) is 0. The Morgan fingerprint density at radius 3 is 2.89 bits per heavy atom. The number of fused-ring (bicyclic) bond motifs is 1. The van der Waals surface area contributed by atoms with E-state index in [-0.39, 0.29) is 5.28 Å². The second kappa shape index (κ2) is 6.16. The first-order valence-electron chi connectivity index (χ1n) is 5.91. The number of rotatable bonds is 5. The molecule has 0 aliphatic carbocycles. The van der Waals surface area contributed by atoms with Gasteiger partial charge < -0.3 is 4.57 Å². The van der Waals surface area contributed by atoms with Crippen LogP contribution in [0.5, 0.6) is 0 Å². The van der Waals surface area contributed by atoms with Gasteiger partial charge in [-0.15, -0.1) is 0 Å². The van der Waals surface area contributed by atoms with Crippen LogP contribution in [0, 0.1) is 0 Å². The molecule has 0 saturated heterocycles. The van der Waals surface area contributed by atoms with Gasteiger partial charge in [0.25, 0.3) is 0 Å². The van der Waals surface area contributed by atoms with Gasteiger partial charge in [-0.25, -0.2) is 9.97 Å². The van der Waals surface area contributed by atoms with Gasteiger partial charge in [-0.1, -0.05) is 30.7 Å². The van der Waals surface area contributed by atoms with Crippen LogP contribution in [0.25, 0.3) is 11.2 Å². The van der Waals surface area contributed by atoms with Gasteiger partial charge in [0, 0.05) is 6.54 Å². The van der Waals surface area contributed by atoms with Gasteiger partial charge in [0.05, 0.1) is 6.33 Å². The Kier molecular flexibility index (Phi) is 4.55. The molecular weight excluding hydrogens is 271 g/mol. The van der Waals surface area contributed by atoms with E-state index in [0.29, 0.717) is 16.3 Å². The van der Waals surface area contributed by atoms with E-state index >= 15 is 0 Å². The molecule has 96 valence electrons. The molecule has 2 heterocycles. The summed E-state index contributed by atoms with van der Waals surface area (Å²) >= 11 is 11.8. The zero-order valence-corrected chi connectivity index (χ0v) is 11.6. The van der Waals surface area contributed by atoms with Crippen LogP contribution < -0.4 is 0 Å². The average molecular weight is 285 g/mol. The van der Waals surface area contributed by atoms with Crippen LogP contribution >= 0.6 is 23.2 Å². The van der Waals surface area contributed by atoms with Crippen molar-refractivity contribution in [3.8, 4) is 0 Å². The third kappa shape index (κ3) is 3.00. The van der Waals surface area contributed by atoms with Crippen LogP contribution in [-0.2, 0) is 6.54 Å². The minimum absolute atomic E-state index is 0.153. The van der Waals surface area contributed by atoms with Gasteiger partial charge in [0.2, 0.25) is 5.28 Å². The van der Waals surface area contributed by atoms with Crippen molar-refractivity contribution in [1.29, 1.82) is 0 Å². The van der Waals surface area contributed by atoms with Crippen molar-refractivity contribution < 1.29 is 0 Å². The standard InChI is InChI=1S/C12H14Cl2N4/c1-2-3-4-5-6-7-18-8-15-9-10(13)16-12(14)17-11(9)18/h3-4,8H,2,5-7H2,1H3. The summed E-state index contributed by atoms with van der Waals surface area (Å²) in [6, 6.07) is 0. The molecule has 6 heteroatoms. The predicted octanol–water partition coefficient (Wildman–Crippen LogP) is 3.88. The van der Waals surface area contributed by atoms with Gasteiger partial charge >= 0.3 is 0 Å². The number of unbranched alkanes of at least 4 members (excludes halogenated alkanes) is 1. The first kappa shape index (κ1) is 13.3. The molecule has 18 heavy (non-hydrogen) atoms. The van der Waals surface area contributed by atoms with Crippen molar-refractivity contribution in [3.63, 3.8) is 0 Å². The molecule has 0 bridgehead atoms. The number of halogens is 2. The highest BCUT2D eigenvalue weighted by Gasteiger charge is 2.10. The lowest BCUT2D eigenvalue weighted by Gasteiger charge is -2.02. The van der Waals surface area contributed by atoms with Gasteiger partial charge in [0.1, 0.15) is 5.52 Å². The Hall–Kier alpha value is -1.13. The quantitative estimate of drug-likeness (QED) is 0.362. The van der Waals surface area contributed by atoms with E-state index in [0.717, 1.165) is 25.8 Å². The van der Waals surface area contributed by atoms with E-state index in [4.69, 9.17) is 23.2 Å². The molecule has 0 fully saturated rings. The SMILES string of the molecule is CCC=CCCCn1cnc2c(Cl)nc(Cl)nc21. The fourth-order valence-corrected chi connectivity index (χ4v) is 2.13. The number of aryl methyl sites for hydroxylation is 1. The number of aromatic nitrogens is 4. The maximum absolute atomic E-state index is 5.96. The molecule has 0 radical (unpaired) electrons. The smallest absolute Gasteiger partial charge is 0.225 e. The highest BCUT2D eigenvalue weighted by Crippen LogP contribution is 2.20. The first-order chi connectivity index (χ1) is 8.72. The van der Waals surface area contributed by atoms with Crippen LogP contribution in [0.3, 0.4) is 0 Å². The van der Waals surface area contributed by atoms with E-state index in [1.807, 2.05) is 4.57 Å². The molecule has 0 spiro atoms. The zero-order chi connectivity index (χ0) is 13.0. The Morgan fingerprint density at radius 2 is 2.11 bits per heavy atom. The Labute approximate surface area is 116 Å². The molecule has 2 rings (SSSR count). The average Bonchev–Trinajstić information content (AvgIpc) is 2.72. The van der Waals surface area contributed by atoms with Gasteiger partial charge in [-0.05, 0) is 30.9 Å². The number of allylic oxidation sites excluding steroid dienone is 2. The molecule has 2 aromatic heterocycles. The van der Waals surface area contributed by atoms with Crippen molar-refractivity contribution in [1.82, 2.24) is 19.5 Å². The minimum atomic E-state index is 0.153. The summed E-state index contributed by atoms with van der Waals surface area (Å²) < 4.78 is 1.95. The van der Waals surface area contributed by atoms with E-state index in [1.54, 1.807) is 6.33 Å². The van der Waals surface area contributed by atoms with Crippen molar-refractivity contribution >= 4 is 34.4 Å². The summed E-state index contributed by atoms with van der Waals surface area (Å²) in [6.45, 7) is 2.97.